The first-order valence-corrected chi connectivity index (χ1v) is 7.92. The summed E-state index contributed by atoms with van der Waals surface area (Å²) in [5, 5.41) is 4.73. The van der Waals surface area contributed by atoms with Crippen molar-refractivity contribution in [3.8, 4) is 0 Å². The van der Waals surface area contributed by atoms with Crippen LogP contribution in [0.5, 0.6) is 0 Å². The normalized spacial score (nSPS) is 29.4. The van der Waals surface area contributed by atoms with Gasteiger partial charge < -0.3 is 5.73 Å². The number of rotatable bonds is 5. The second kappa shape index (κ2) is 6.08. The van der Waals surface area contributed by atoms with Gasteiger partial charge in [-0.3, -0.25) is 4.68 Å². The van der Waals surface area contributed by atoms with Crippen LogP contribution in [0.15, 0.2) is 12.3 Å². The predicted octanol–water partition coefficient (Wildman–Crippen LogP) is 3.69. The molecule has 1 saturated carbocycles. The van der Waals surface area contributed by atoms with Crippen LogP contribution in [0.3, 0.4) is 0 Å². The molecule has 2 rings (SSSR count). The van der Waals surface area contributed by atoms with Gasteiger partial charge in [0, 0.05) is 24.2 Å². The maximum Gasteiger partial charge on any atom is 0.0643 e. The van der Waals surface area contributed by atoms with Crippen LogP contribution in [0.1, 0.15) is 71.0 Å². The van der Waals surface area contributed by atoms with Crippen molar-refractivity contribution in [2.24, 2.45) is 11.7 Å². The van der Waals surface area contributed by atoms with E-state index in [1.807, 2.05) is 0 Å². The quantitative estimate of drug-likeness (QED) is 0.880. The van der Waals surface area contributed by atoms with E-state index in [1.54, 1.807) is 0 Å². The molecule has 19 heavy (non-hydrogen) atoms. The van der Waals surface area contributed by atoms with Crippen LogP contribution >= 0.6 is 0 Å². The van der Waals surface area contributed by atoms with Crippen LogP contribution in [0.25, 0.3) is 0 Å². The molecule has 0 radical (unpaired) electrons. The topological polar surface area (TPSA) is 43.8 Å². The first-order chi connectivity index (χ1) is 9.09. The molecule has 3 nitrogen and oxygen atoms in total. The molecule has 3 heteroatoms. The van der Waals surface area contributed by atoms with E-state index in [9.17, 15) is 0 Å². The van der Waals surface area contributed by atoms with Gasteiger partial charge in [-0.2, -0.15) is 5.10 Å². The molecule has 0 amide bonds. The molecule has 2 N–H and O–H groups in total. The van der Waals surface area contributed by atoms with Gasteiger partial charge in [-0.25, -0.2) is 0 Å². The number of hydrogen-bond donors (Lipinski definition) is 1. The molecular weight excluding hydrogens is 234 g/mol. The van der Waals surface area contributed by atoms with Crippen molar-refractivity contribution in [1.29, 1.82) is 0 Å². The zero-order valence-corrected chi connectivity index (χ0v) is 12.7. The summed E-state index contributed by atoms with van der Waals surface area (Å²) in [5.41, 5.74) is 7.86. The predicted molar refractivity (Wildman–Crippen MR) is 80.1 cm³/mol. The minimum absolute atomic E-state index is 0.0262. The second-order valence-electron chi connectivity index (χ2n) is 6.31. The van der Waals surface area contributed by atoms with Gasteiger partial charge in [-0.15, -0.1) is 0 Å². The molecule has 0 bridgehead atoms. The van der Waals surface area contributed by atoms with E-state index in [0.29, 0.717) is 12.0 Å². The minimum Gasteiger partial charge on any atom is -0.324 e. The lowest BCUT2D eigenvalue weighted by Gasteiger charge is -2.40. The summed E-state index contributed by atoms with van der Waals surface area (Å²) in [4.78, 5) is 0. The summed E-state index contributed by atoms with van der Waals surface area (Å²) in [7, 11) is 0. The lowest BCUT2D eigenvalue weighted by molar-refractivity contribution is 0.180. The van der Waals surface area contributed by atoms with Crippen molar-refractivity contribution in [2.75, 3.05) is 0 Å². The standard InChI is InChI=1S/C16H29N3/c1-4-13(3)19-11-9-15(18-19)12-16(17)10-7-6-8-14(16)5-2/h9,11,13-14H,4-8,10,12,17H2,1-3H3. The fourth-order valence-corrected chi connectivity index (χ4v) is 3.42. The highest BCUT2D eigenvalue weighted by molar-refractivity contribution is 5.08. The molecule has 3 atom stereocenters. The second-order valence-corrected chi connectivity index (χ2v) is 6.31. The van der Waals surface area contributed by atoms with E-state index in [1.165, 1.54) is 31.4 Å². The van der Waals surface area contributed by atoms with Gasteiger partial charge in [0.2, 0.25) is 0 Å². The number of nitrogens with zero attached hydrogens (tertiary/aromatic N) is 2. The maximum absolute atomic E-state index is 6.71. The van der Waals surface area contributed by atoms with Gasteiger partial charge in [0.1, 0.15) is 0 Å². The van der Waals surface area contributed by atoms with Gasteiger partial charge in [-0.1, -0.05) is 33.1 Å². The Morgan fingerprint density at radius 3 is 2.95 bits per heavy atom. The Labute approximate surface area is 117 Å². The number of hydrogen-bond acceptors (Lipinski definition) is 2. The highest BCUT2D eigenvalue weighted by Gasteiger charge is 2.36. The summed E-state index contributed by atoms with van der Waals surface area (Å²) < 4.78 is 2.09. The average molecular weight is 263 g/mol. The molecule has 1 aliphatic rings. The number of aromatic nitrogens is 2. The molecule has 108 valence electrons. The first-order valence-electron chi connectivity index (χ1n) is 7.92. The molecular formula is C16H29N3. The summed E-state index contributed by atoms with van der Waals surface area (Å²) >= 11 is 0. The van der Waals surface area contributed by atoms with E-state index < -0.39 is 0 Å². The van der Waals surface area contributed by atoms with Crippen LogP contribution in [0, 0.1) is 5.92 Å². The largest absolute Gasteiger partial charge is 0.324 e. The van der Waals surface area contributed by atoms with Crippen LogP contribution < -0.4 is 5.73 Å². The zero-order valence-electron chi connectivity index (χ0n) is 12.7. The Kier molecular flexibility index (Phi) is 4.67. The Balaban J connectivity index is 2.08. The van der Waals surface area contributed by atoms with Crippen molar-refractivity contribution in [2.45, 2.75) is 77.3 Å². The Morgan fingerprint density at radius 1 is 1.47 bits per heavy atom. The van der Waals surface area contributed by atoms with Crippen LogP contribution in [0.4, 0.5) is 0 Å². The molecule has 1 aromatic heterocycles. The zero-order chi connectivity index (χ0) is 13.9. The van der Waals surface area contributed by atoms with Gasteiger partial charge in [-0.05, 0) is 38.2 Å². The SMILES string of the molecule is CCC(C)n1ccc(CC2(N)CCCCC2CC)n1. The summed E-state index contributed by atoms with van der Waals surface area (Å²) in [6, 6.07) is 2.64. The Bertz CT molecular complexity index is 398. The lowest BCUT2D eigenvalue weighted by Crippen LogP contribution is -2.51. The monoisotopic (exact) mass is 263 g/mol. The molecule has 1 aromatic rings. The van der Waals surface area contributed by atoms with E-state index >= 15 is 0 Å². The van der Waals surface area contributed by atoms with Gasteiger partial charge >= 0.3 is 0 Å². The Morgan fingerprint density at radius 2 is 2.26 bits per heavy atom. The van der Waals surface area contributed by atoms with Crippen LogP contribution in [0.2, 0.25) is 0 Å². The van der Waals surface area contributed by atoms with Crippen LogP contribution in [-0.2, 0) is 6.42 Å². The minimum atomic E-state index is -0.0262. The Hall–Kier alpha value is -0.830. The van der Waals surface area contributed by atoms with Gasteiger partial charge in [0.25, 0.3) is 0 Å². The summed E-state index contributed by atoms with van der Waals surface area (Å²) in [6.07, 6.45) is 10.4. The lowest BCUT2D eigenvalue weighted by atomic mass is 9.70. The highest BCUT2D eigenvalue weighted by atomic mass is 15.3. The van der Waals surface area contributed by atoms with Crippen molar-refractivity contribution < 1.29 is 0 Å². The van der Waals surface area contributed by atoms with Crippen LogP contribution in [-0.4, -0.2) is 15.3 Å². The maximum atomic E-state index is 6.71. The molecule has 1 fully saturated rings. The summed E-state index contributed by atoms with van der Waals surface area (Å²) in [6.45, 7) is 6.69. The van der Waals surface area contributed by atoms with Gasteiger partial charge in [0.15, 0.2) is 0 Å². The van der Waals surface area contributed by atoms with Crippen molar-refractivity contribution >= 4 is 0 Å². The van der Waals surface area contributed by atoms with E-state index in [2.05, 4.69) is 37.7 Å². The third-order valence-corrected chi connectivity index (χ3v) is 4.97. The van der Waals surface area contributed by atoms with E-state index in [0.717, 1.165) is 19.3 Å². The third-order valence-electron chi connectivity index (χ3n) is 4.97. The average Bonchev–Trinajstić information content (AvgIpc) is 2.86. The molecule has 1 heterocycles. The van der Waals surface area contributed by atoms with Gasteiger partial charge in [0.05, 0.1) is 5.69 Å². The smallest absolute Gasteiger partial charge is 0.0643 e. The van der Waals surface area contributed by atoms with Crippen molar-refractivity contribution in [3.63, 3.8) is 0 Å². The van der Waals surface area contributed by atoms with E-state index in [4.69, 9.17) is 10.8 Å². The number of nitrogens with two attached hydrogens (primary N) is 1. The van der Waals surface area contributed by atoms with E-state index in [-0.39, 0.29) is 5.54 Å². The molecule has 0 aromatic carbocycles. The molecule has 1 aliphatic carbocycles. The molecule has 3 unspecified atom stereocenters. The summed E-state index contributed by atoms with van der Waals surface area (Å²) in [5.74, 6) is 0.662. The van der Waals surface area contributed by atoms with Crippen molar-refractivity contribution in [1.82, 2.24) is 9.78 Å². The third kappa shape index (κ3) is 3.19. The highest BCUT2D eigenvalue weighted by Crippen LogP contribution is 2.36. The molecule has 0 saturated heterocycles. The fraction of sp³-hybridized carbons (Fsp3) is 0.812. The fourth-order valence-electron chi connectivity index (χ4n) is 3.42. The molecule has 0 spiro atoms. The van der Waals surface area contributed by atoms with Crippen molar-refractivity contribution in [3.05, 3.63) is 18.0 Å². The first kappa shape index (κ1) is 14.6. The molecule has 0 aliphatic heterocycles.